The van der Waals surface area contributed by atoms with Gasteiger partial charge in [-0.05, 0) is 67.8 Å². The van der Waals surface area contributed by atoms with Gasteiger partial charge in [0.2, 0.25) is 0 Å². The summed E-state index contributed by atoms with van der Waals surface area (Å²) in [6.07, 6.45) is 0.491. The molecule has 0 heterocycles. The molecule has 4 nitrogen and oxygen atoms in total. The van der Waals surface area contributed by atoms with E-state index in [1.165, 1.54) is 0 Å². The van der Waals surface area contributed by atoms with Gasteiger partial charge in [0.25, 0.3) is 5.91 Å². The highest BCUT2D eigenvalue weighted by molar-refractivity contribution is 5.94. The van der Waals surface area contributed by atoms with Gasteiger partial charge in [0.1, 0.15) is 11.5 Å². The molecule has 4 heteroatoms. The quantitative estimate of drug-likeness (QED) is 0.519. The van der Waals surface area contributed by atoms with E-state index >= 15 is 0 Å². The van der Waals surface area contributed by atoms with E-state index in [0.29, 0.717) is 11.4 Å². The second-order valence-corrected chi connectivity index (χ2v) is 7.00. The standard InChI is InChI=1S/C25H27NO3/c1-4-18(2)28-23-16-12-22(13-17-23)26-25(27)19(3)29-24-14-10-21(11-15-24)20-8-6-5-7-9-20/h5-19H,4H2,1-3H3,(H,26,27). The van der Waals surface area contributed by atoms with Crippen molar-refractivity contribution in [1.29, 1.82) is 0 Å². The third-order valence-electron chi connectivity index (χ3n) is 4.68. The fraction of sp³-hybridized carbons (Fsp3) is 0.240. The van der Waals surface area contributed by atoms with Crippen LogP contribution in [0.1, 0.15) is 27.2 Å². The number of hydrogen-bond acceptors (Lipinski definition) is 3. The van der Waals surface area contributed by atoms with Crippen LogP contribution in [0.15, 0.2) is 78.9 Å². The minimum absolute atomic E-state index is 0.164. The van der Waals surface area contributed by atoms with E-state index in [1.54, 1.807) is 6.92 Å². The van der Waals surface area contributed by atoms with Crippen LogP contribution in [0.2, 0.25) is 0 Å². The topological polar surface area (TPSA) is 47.6 Å². The lowest BCUT2D eigenvalue weighted by Crippen LogP contribution is -2.30. The van der Waals surface area contributed by atoms with Crippen molar-refractivity contribution in [2.75, 3.05) is 5.32 Å². The van der Waals surface area contributed by atoms with Gasteiger partial charge in [-0.2, -0.15) is 0 Å². The number of anilines is 1. The highest BCUT2D eigenvalue weighted by Gasteiger charge is 2.15. The summed E-state index contributed by atoms with van der Waals surface area (Å²) in [5, 5.41) is 2.87. The minimum atomic E-state index is -0.617. The van der Waals surface area contributed by atoms with E-state index in [0.717, 1.165) is 23.3 Å². The molecule has 1 amide bonds. The Morgan fingerprint density at radius 1 is 0.793 bits per heavy atom. The third kappa shape index (κ3) is 5.85. The van der Waals surface area contributed by atoms with Crippen molar-refractivity contribution < 1.29 is 14.3 Å². The molecule has 0 fully saturated rings. The second kappa shape index (κ2) is 9.78. The van der Waals surface area contributed by atoms with Crippen molar-refractivity contribution in [3.63, 3.8) is 0 Å². The zero-order chi connectivity index (χ0) is 20.6. The van der Waals surface area contributed by atoms with E-state index in [-0.39, 0.29) is 12.0 Å². The van der Waals surface area contributed by atoms with Crippen molar-refractivity contribution in [3.8, 4) is 22.6 Å². The molecule has 2 unspecified atom stereocenters. The van der Waals surface area contributed by atoms with Crippen LogP contribution in [0, 0.1) is 0 Å². The Morgan fingerprint density at radius 3 is 1.97 bits per heavy atom. The predicted octanol–water partition coefficient (Wildman–Crippen LogP) is 5.94. The normalized spacial score (nSPS) is 12.7. The smallest absolute Gasteiger partial charge is 0.265 e. The number of amides is 1. The number of nitrogens with one attached hydrogen (secondary N) is 1. The summed E-state index contributed by atoms with van der Waals surface area (Å²) in [5.74, 6) is 1.25. The second-order valence-electron chi connectivity index (χ2n) is 7.00. The maximum atomic E-state index is 12.4. The molecule has 29 heavy (non-hydrogen) atoms. The molecule has 0 saturated heterocycles. The lowest BCUT2D eigenvalue weighted by Gasteiger charge is -2.16. The Bertz CT molecular complexity index is 905. The van der Waals surface area contributed by atoms with Gasteiger partial charge < -0.3 is 14.8 Å². The first kappa shape index (κ1) is 20.5. The van der Waals surface area contributed by atoms with Crippen molar-refractivity contribution in [2.24, 2.45) is 0 Å². The molecule has 0 radical (unpaired) electrons. The molecule has 1 N–H and O–H groups in total. The molecule has 150 valence electrons. The molecule has 2 atom stereocenters. The van der Waals surface area contributed by atoms with Crippen LogP contribution in [0.5, 0.6) is 11.5 Å². The van der Waals surface area contributed by atoms with Crippen molar-refractivity contribution in [3.05, 3.63) is 78.9 Å². The number of hydrogen-bond donors (Lipinski definition) is 1. The Morgan fingerprint density at radius 2 is 1.34 bits per heavy atom. The van der Waals surface area contributed by atoms with Gasteiger partial charge in [0.15, 0.2) is 6.10 Å². The molecule has 3 aromatic rings. The van der Waals surface area contributed by atoms with Gasteiger partial charge in [-0.25, -0.2) is 0 Å². The molecule has 0 aliphatic rings. The maximum Gasteiger partial charge on any atom is 0.265 e. The average Bonchev–Trinajstić information content (AvgIpc) is 2.76. The van der Waals surface area contributed by atoms with E-state index in [9.17, 15) is 4.79 Å². The Balaban J connectivity index is 1.55. The summed E-state index contributed by atoms with van der Waals surface area (Å²) < 4.78 is 11.5. The molecular formula is C25H27NO3. The SMILES string of the molecule is CCC(C)Oc1ccc(NC(=O)C(C)Oc2ccc(-c3ccccc3)cc2)cc1. The highest BCUT2D eigenvalue weighted by Crippen LogP contribution is 2.23. The van der Waals surface area contributed by atoms with Crippen molar-refractivity contribution >= 4 is 11.6 Å². The van der Waals surface area contributed by atoms with E-state index in [2.05, 4.69) is 24.4 Å². The van der Waals surface area contributed by atoms with Crippen LogP contribution >= 0.6 is 0 Å². The lowest BCUT2D eigenvalue weighted by molar-refractivity contribution is -0.122. The van der Waals surface area contributed by atoms with E-state index in [4.69, 9.17) is 9.47 Å². The van der Waals surface area contributed by atoms with Crippen LogP contribution in [0.3, 0.4) is 0 Å². The number of carbonyl (C=O) groups excluding carboxylic acids is 1. The average molecular weight is 389 g/mol. The Kier molecular flexibility index (Phi) is 6.90. The molecule has 0 spiro atoms. The van der Waals surface area contributed by atoms with Gasteiger partial charge in [-0.15, -0.1) is 0 Å². The monoisotopic (exact) mass is 389 g/mol. The summed E-state index contributed by atoms with van der Waals surface area (Å²) in [6.45, 7) is 5.85. The van der Waals surface area contributed by atoms with E-state index in [1.807, 2.05) is 73.7 Å². The minimum Gasteiger partial charge on any atom is -0.491 e. The third-order valence-corrected chi connectivity index (χ3v) is 4.68. The van der Waals surface area contributed by atoms with Gasteiger partial charge in [0, 0.05) is 5.69 Å². The molecule has 0 aliphatic carbocycles. The Labute approximate surface area is 172 Å². The van der Waals surface area contributed by atoms with Gasteiger partial charge in [-0.3, -0.25) is 4.79 Å². The molecular weight excluding hydrogens is 362 g/mol. The number of rotatable bonds is 8. The van der Waals surface area contributed by atoms with Gasteiger partial charge in [0.05, 0.1) is 6.10 Å². The number of benzene rings is 3. The molecule has 3 rings (SSSR count). The molecule has 0 saturated carbocycles. The number of carbonyl (C=O) groups is 1. The highest BCUT2D eigenvalue weighted by atomic mass is 16.5. The lowest BCUT2D eigenvalue weighted by atomic mass is 10.1. The van der Waals surface area contributed by atoms with Gasteiger partial charge >= 0.3 is 0 Å². The molecule has 0 bridgehead atoms. The van der Waals surface area contributed by atoms with Crippen LogP contribution < -0.4 is 14.8 Å². The molecule has 0 aromatic heterocycles. The molecule has 0 aliphatic heterocycles. The summed E-state index contributed by atoms with van der Waals surface area (Å²) >= 11 is 0. The van der Waals surface area contributed by atoms with Crippen molar-refractivity contribution in [1.82, 2.24) is 0 Å². The predicted molar refractivity (Wildman–Crippen MR) is 117 cm³/mol. The maximum absolute atomic E-state index is 12.4. The van der Waals surface area contributed by atoms with Crippen molar-refractivity contribution in [2.45, 2.75) is 39.4 Å². The van der Waals surface area contributed by atoms with Crippen LogP contribution in [-0.4, -0.2) is 18.1 Å². The van der Waals surface area contributed by atoms with Crippen LogP contribution in [-0.2, 0) is 4.79 Å². The van der Waals surface area contributed by atoms with Gasteiger partial charge in [-0.1, -0.05) is 49.4 Å². The first-order valence-corrected chi connectivity index (χ1v) is 9.95. The van der Waals surface area contributed by atoms with Crippen LogP contribution in [0.25, 0.3) is 11.1 Å². The summed E-state index contributed by atoms with van der Waals surface area (Å²) in [6, 6.07) is 25.3. The summed E-state index contributed by atoms with van der Waals surface area (Å²) in [7, 11) is 0. The summed E-state index contributed by atoms with van der Waals surface area (Å²) in [5.41, 5.74) is 2.96. The summed E-state index contributed by atoms with van der Waals surface area (Å²) in [4.78, 5) is 12.4. The largest absolute Gasteiger partial charge is 0.491 e. The zero-order valence-corrected chi connectivity index (χ0v) is 17.1. The first-order chi connectivity index (χ1) is 14.0. The first-order valence-electron chi connectivity index (χ1n) is 9.95. The fourth-order valence-electron chi connectivity index (χ4n) is 2.79. The van der Waals surface area contributed by atoms with Crippen LogP contribution in [0.4, 0.5) is 5.69 Å². The van der Waals surface area contributed by atoms with E-state index < -0.39 is 6.10 Å². The zero-order valence-electron chi connectivity index (χ0n) is 17.1. The molecule has 3 aromatic carbocycles. The Hall–Kier alpha value is -3.27. The fourth-order valence-corrected chi connectivity index (χ4v) is 2.79. The number of ether oxygens (including phenoxy) is 2.